The molecule has 2 N–H and O–H groups in total. The second-order valence-electron chi connectivity index (χ2n) is 5.11. The van der Waals surface area contributed by atoms with Crippen LogP contribution in [0.15, 0.2) is 48.5 Å². The molecule has 0 bridgehead atoms. The molecule has 2 aromatic rings. The van der Waals surface area contributed by atoms with Crippen molar-refractivity contribution in [1.29, 1.82) is 0 Å². The van der Waals surface area contributed by atoms with Gasteiger partial charge in [-0.2, -0.15) is 0 Å². The lowest BCUT2D eigenvalue weighted by Crippen LogP contribution is -2.37. The highest BCUT2D eigenvalue weighted by Gasteiger charge is 2.31. The Bertz CT molecular complexity index is 580. The van der Waals surface area contributed by atoms with Crippen molar-refractivity contribution in [2.24, 2.45) is 0 Å². The fraction of sp³-hybridized carbons (Fsp3) is 0.294. The second kappa shape index (κ2) is 6.70. The average Bonchev–Trinajstić information content (AvgIpc) is 2.54. The van der Waals surface area contributed by atoms with Crippen LogP contribution < -0.4 is 4.74 Å². The molecule has 0 heterocycles. The number of benzene rings is 2. The summed E-state index contributed by atoms with van der Waals surface area (Å²) in [6.07, 6.45) is 0.338. The van der Waals surface area contributed by atoms with Crippen molar-refractivity contribution in [3.63, 3.8) is 0 Å². The maximum Gasteiger partial charge on any atom is 0.165 e. The van der Waals surface area contributed by atoms with E-state index in [1.165, 1.54) is 13.2 Å². The van der Waals surface area contributed by atoms with E-state index in [2.05, 4.69) is 0 Å². The summed E-state index contributed by atoms with van der Waals surface area (Å²) in [5.74, 6) is -0.273. The van der Waals surface area contributed by atoms with Crippen molar-refractivity contribution >= 4 is 0 Å². The number of hydrogen-bond acceptors (Lipinski definition) is 3. The van der Waals surface area contributed by atoms with Crippen LogP contribution in [0.25, 0.3) is 0 Å². The number of hydrogen-bond donors (Lipinski definition) is 2. The van der Waals surface area contributed by atoms with Gasteiger partial charge < -0.3 is 14.9 Å². The van der Waals surface area contributed by atoms with E-state index >= 15 is 0 Å². The van der Waals surface area contributed by atoms with E-state index in [0.717, 1.165) is 5.56 Å². The Hall–Kier alpha value is -1.91. The molecular formula is C17H19FO3. The van der Waals surface area contributed by atoms with Gasteiger partial charge in [0.25, 0.3) is 0 Å². The summed E-state index contributed by atoms with van der Waals surface area (Å²) in [6.45, 7) is -0.442. The number of aliphatic hydroxyl groups excluding tert-OH is 2. The van der Waals surface area contributed by atoms with Gasteiger partial charge in [-0.05, 0) is 29.7 Å². The van der Waals surface area contributed by atoms with E-state index < -0.39 is 11.2 Å². The molecule has 0 spiro atoms. The summed E-state index contributed by atoms with van der Waals surface area (Å²) < 4.78 is 18.7. The minimum Gasteiger partial charge on any atom is -0.494 e. The second-order valence-corrected chi connectivity index (χ2v) is 5.11. The van der Waals surface area contributed by atoms with E-state index in [-0.39, 0.29) is 19.0 Å². The van der Waals surface area contributed by atoms with Crippen LogP contribution in [0.5, 0.6) is 5.75 Å². The van der Waals surface area contributed by atoms with Crippen molar-refractivity contribution in [1.82, 2.24) is 0 Å². The third-order valence-electron chi connectivity index (χ3n) is 3.75. The topological polar surface area (TPSA) is 49.7 Å². The van der Waals surface area contributed by atoms with E-state index in [9.17, 15) is 14.6 Å². The van der Waals surface area contributed by atoms with Crippen LogP contribution in [0.3, 0.4) is 0 Å². The molecule has 0 unspecified atom stereocenters. The molecule has 0 atom stereocenters. The Labute approximate surface area is 123 Å². The molecule has 4 heteroatoms. The largest absolute Gasteiger partial charge is 0.494 e. The third-order valence-corrected chi connectivity index (χ3v) is 3.75. The highest BCUT2D eigenvalue weighted by Crippen LogP contribution is 2.29. The minimum atomic E-state index is -0.831. The maximum absolute atomic E-state index is 13.8. The van der Waals surface area contributed by atoms with Gasteiger partial charge in [-0.25, -0.2) is 4.39 Å². The Kier molecular flexibility index (Phi) is 4.94. The Morgan fingerprint density at radius 1 is 1.05 bits per heavy atom. The molecule has 0 radical (unpaired) electrons. The lowest BCUT2D eigenvalue weighted by Gasteiger charge is -2.30. The summed E-state index contributed by atoms with van der Waals surface area (Å²) in [5.41, 5.74) is 0.689. The highest BCUT2D eigenvalue weighted by atomic mass is 19.1. The van der Waals surface area contributed by atoms with Crippen LogP contribution in [0.1, 0.15) is 11.1 Å². The van der Waals surface area contributed by atoms with Crippen LogP contribution >= 0.6 is 0 Å². The van der Waals surface area contributed by atoms with E-state index in [4.69, 9.17) is 4.74 Å². The van der Waals surface area contributed by atoms with Crippen molar-refractivity contribution in [2.45, 2.75) is 11.8 Å². The predicted molar refractivity (Wildman–Crippen MR) is 78.9 cm³/mol. The normalized spacial score (nSPS) is 11.4. The van der Waals surface area contributed by atoms with Crippen molar-refractivity contribution in [3.05, 3.63) is 65.5 Å². The SMILES string of the molecule is COc1ccc(CC(CO)(CO)c2ccccc2)cc1F. The van der Waals surface area contributed by atoms with Gasteiger partial charge in [-0.1, -0.05) is 36.4 Å². The Balaban J connectivity index is 2.34. The monoisotopic (exact) mass is 290 g/mol. The van der Waals surface area contributed by atoms with Gasteiger partial charge in [-0.3, -0.25) is 0 Å². The Morgan fingerprint density at radius 2 is 1.71 bits per heavy atom. The molecule has 112 valence electrons. The van der Waals surface area contributed by atoms with Crippen LogP contribution in [0, 0.1) is 5.82 Å². The maximum atomic E-state index is 13.8. The number of methoxy groups -OCH3 is 1. The van der Waals surface area contributed by atoms with Gasteiger partial charge in [0.15, 0.2) is 11.6 Å². The zero-order chi connectivity index (χ0) is 15.3. The van der Waals surface area contributed by atoms with Gasteiger partial charge in [0.05, 0.1) is 20.3 Å². The van der Waals surface area contributed by atoms with E-state index in [1.807, 2.05) is 30.3 Å². The van der Waals surface area contributed by atoms with Gasteiger partial charge in [0, 0.05) is 5.41 Å². The molecule has 0 aliphatic rings. The van der Waals surface area contributed by atoms with Crippen molar-refractivity contribution in [3.8, 4) is 5.75 Å². The fourth-order valence-electron chi connectivity index (χ4n) is 2.45. The number of ether oxygens (including phenoxy) is 1. The van der Waals surface area contributed by atoms with Crippen molar-refractivity contribution < 1.29 is 19.3 Å². The van der Waals surface area contributed by atoms with E-state index in [1.54, 1.807) is 12.1 Å². The Morgan fingerprint density at radius 3 is 2.24 bits per heavy atom. The number of halogens is 1. The van der Waals surface area contributed by atoms with Gasteiger partial charge in [0.1, 0.15) is 0 Å². The summed E-state index contributed by atoms with van der Waals surface area (Å²) in [4.78, 5) is 0. The van der Waals surface area contributed by atoms with Gasteiger partial charge in [0.2, 0.25) is 0 Å². The molecule has 0 aromatic heterocycles. The summed E-state index contributed by atoms with van der Waals surface area (Å²) in [7, 11) is 1.41. The molecule has 2 rings (SSSR count). The smallest absolute Gasteiger partial charge is 0.165 e. The molecule has 0 fully saturated rings. The lowest BCUT2D eigenvalue weighted by atomic mass is 9.77. The zero-order valence-electron chi connectivity index (χ0n) is 11.9. The van der Waals surface area contributed by atoms with E-state index in [0.29, 0.717) is 12.0 Å². The molecule has 0 amide bonds. The molecule has 0 saturated carbocycles. The fourth-order valence-corrected chi connectivity index (χ4v) is 2.45. The number of aliphatic hydroxyl groups is 2. The van der Waals surface area contributed by atoms with Gasteiger partial charge in [-0.15, -0.1) is 0 Å². The first-order chi connectivity index (χ1) is 10.1. The molecule has 0 aliphatic heterocycles. The van der Waals surface area contributed by atoms with Crippen LogP contribution in [0.4, 0.5) is 4.39 Å². The standard InChI is InChI=1S/C17H19FO3/c1-21-16-8-7-13(9-15(16)18)10-17(11-19,12-20)14-5-3-2-4-6-14/h2-9,19-20H,10-12H2,1H3. The predicted octanol–water partition coefficient (Wildman–Crippen LogP) is 2.30. The summed E-state index contributed by atoms with van der Waals surface area (Å²) in [6, 6.07) is 13.9. The molecule has 3 nitrogen and oxygen atoms in total. The first-order valence-corrected chi connectivity index (χ1v) is 6.75. The van der Waals surface area contributed by atoms with Crippen LogP contribution in [0.2, 0.25) is 0 Å². The molecular weight excluding hydrogens is 271 g/mol. The third kappa shape index (κ3) is 3.23. The number of rotatable bonds is 6. The quantitative estimate of drug-likeness (QED) is 0.858. The summed E-state index contributed by atoms with van der Waals surface area (Å²) in [5, 5.41) is 19.6. The summed E-state index contributed by atoms with van der Waals surface area (Å²) >= 11 is 0. The molecule has 0 aliphatic carbocycles. The molecule has 0 saturated heterocycles. The van der Waals surface area contributed by atoms with Crippen LogP contribution in [-0.4, -0.2) is 30.5 Å². The first-order valence-electron chi connectivity index (χ1n) is 6.75. The first kappa shape index (κ1) is 15.5. The van der Waals surface area contributed by atoms with Gasteiger partial charge >= 0.3 is 0 Å². The average molecular weight is 290 g/mol. The lowest BCUT2D eigenvalue weighted by molar-refractivity contribution is 0.116. The molecule has 21 heavy (non-hydrogen) atoms. The highest BCUT2D eigenvalue weighted by molar-refractivity contribution is 5.34. The van der Waals surface area contributed by atoms with Crippen molar-refractivity contribution in [2.75, 3.05) is 20.3 Å². The molecule has 2 aromatic carbocycles. The zero-order valence-corrected chi connectivity index (χ0v) is 11.9. The van der Waals surface area contributed by atoms with Crippen LogP contribution in [-0.2, 0) is 11.8 Å². The minimum absolute atomic E-state index is 0.178.